The van der Waals surface area contributed by atoms with E-state index in [9.17, 15) is 4.79 Å². The van der Waals surface area contributed by atoms with Crippen LogP contribution in [0.1, 0.15) is 27.7 Å². The number of hydrogen-bond acceptors (Lipinski definition) is 5. The molecule has 6 nitrogen and oxygen atoms in total. The van der Waals surface area contributed by atoms with Gasteiger partial charge in [0.15, 0.2) is 11.0 Å². The van der Waals surface area contributed by atoms with E-state index in [1.165, 1.54) is 11.8 Å². The number of carbonyl (C=O) groups is 1. The van der Waals surface area contributed by atoms with Gasteiger partial charge >= 0.3 is 0 Å². The van der Waals surface area contributed by atoms with Gasteiger partial charge in [-0.1, -0.05) is 35.5 Å². The van der Waals surface area contributed by atoms with E-state index in [1.54, 1.807) is 7.11 Å². The van der Waals surface area contributed by atoms with E-state index in [0.29, 0.717) is 16.0 Å². The summed E-state index contributed by atoms with van der Waals surface area (Å²) in [5.74, 6) is 1.71. The standard InChI is InChI=1S/C23H27ClN4O2S/c1-15(2)27(16(3)4)21(29)14-31-23-26-25-22(19-8-6-7-9-20(19)24)28(23)17-10-12-18(30-5)13-11-17/h6-13,15-16H,14H2,1-5H3. The third-order valence-electron chi connectivity index (χ3n) is 4.80. The molecule has 0 aliphatic rings. The van der Waals surface area contributed by atoms with Crippen LogP contribution < -0.4 is 4.74 Å². The van der Waals surface area contributed by atoms with Crippen LogP contribution in [0, 0.1) is 0 Å². The van der Waals surface area contributed by atoms with Crippen molar-refractivity contribution in [1.82, 2.24) is 19.7 Å². The monoisotopic (exact) mass is 458 g/mol. The normalized spacial score (nSPS) is 11.2. The summed E-state index contributed by atoms with van der Waals surface area (Å²) in [4.78, 5) is 14.8. The van der Waals surface area contributed by atoms with E-state index < -0.39 is 0 Å². The predicted molar refractivity (Wildman–Crippen MR) is 126 cm³/mol. The Kier molecular flexibility index (Phi) is 7.62. The number of carbonyl (C=O) groups excluding carboxylic acids is 1. The quantitative estimate of drug-likeness (QED) is 0.427. The van der Waals surface area contributed by atoms with Crippen LogP contribution in [0.25, 0.3) is 17.1 Å². The van der Waals surface area contributed by atoms with Crippen molar-refractivity contribution in [2.24, 2.45) is 0 Å². The van der Waals surface area contributed by atoms with Gasteiger partial charge in [0.05, 0.1) is 17.9 Å². The van der Waals surface area contributed by atoms with Crippen molar-refractivity contribution in [3.63, 3.8) is 0 Å². The Labute approximate surface area is 192 Å². The summed E-state index contributed by atoms with van der Waals surface area (Å²) in [7, 11) is 1.63. The van der Waals surface area contributed by atoms with Gasteiger partial charge in [0.25, 0.3) is 0 Å². The summed E-state index contributed by atoms with van der Waals surface area (Å²) in [5.41, 5.74) is 1.64. The molecule has 0 unspecified atom stereocenters. The fraction of sp³-hybridized carbons (Fsp3) is 0.348. The number of benzene rings is 2. The number of nitrogens with zero attached hydrogens (tertiary/aromatic N) is 4. The first kappa shape index (κ1) is 23.2. The van der Waals surface area contributed by atoms with E-state index in [0.717, 1.165) is 17.0 Å². The highest BCUT2D eigenvalue weighted by Gasteiger charge is 2.23. The molecule has 0 saturated heterocycles. The lowest BCUT2D eigenvalue weighted by Crippen LogP contribution is -2.43. The maximum Gasteiger partial charge on any atom is 0.233 e. The molecule has 2 aromatic carbocycles. The van der Waals surface area contributed by atoms with Crippen molar-refractivity contribution >= 4 is 29.3 Å². The summed E-state index contributed by atoms with van der Waals surface area (Å²) >= 11 is 7.81. The molecule has 0 bridgehead atoms. The summed E-state index contributed by atoms with van der Waals surface area (Å²) in [6, 6.07) is 15.4. The fourth-order valence-electron chi connectivity index (χ4n) is 3.52. The van der Waals surface area contributed by atoms with Crippen molar-refractivity contribution in [2.45, 2.75) is 44.9 Å². The van der Waals surface area contributed by atoms with Crippen molar-refractivity contribution in [2.75, 3.05) is 12.9 Å². The lowest BCUT2D eigenvalue weighted by atomic mass is 10.2. The average Bonchev–Trinajstić information content (AvgIpc) is 3.15. The van der Waals surface area contributed by atoms with Crippen LogP contribution in [0.2, 0.25) is 5.02 Å². The van der Waals surface area contributed by atoms with Gasteiger partial charge in [-0.15, -0.1) is 10.2 Å². The molecule has 1 heterocycles. The van der Waals surface area contributed by atoms with Crippen LogP contribution in [-0.4, -0.2) is 50.5 Å². The van der Waals surface area contributed by atoms with Crippen molar-refractivity contribution < 1.29 is 9.53 Å². The number of amides is 1. The molecule has 0 radical (unpaired) electrons. The van der Waals surface area contributed by atoms with Crippen LogP contribution in [0.3, 0.4) is 0 Å². The van der Waals surface area contributed by atoms with Gasteiger partial charge in [-0.3, -0.25) is 9.36 Å². The summed E-state index contributed by atoms with van der Waals surface area (Å²) in [5, 5.41) is 10.0. The smallest absolute Gasteiger partial charge is 0.233 e. The van der Waals surface area contributed by atoms with Gasteiger partial charge in [0, 0.05) is 23.3 Å². The lowest BCUT2D eigenvalue weighted by molar-refractivity contribution is -0.131. The minimum Gasteiger partial charge on any atom is -0.497 e. The van der Waals surface area contributed by atoms with Gasteiger partial charge in [0.2, 0.25) is 5.91 Å². The molecule has 1 aromatic heterocycles. The number of thioether (sulfide) groups is 1. The van der Waals surface area contributed by atoms with E-state index in [4.69, 9.17) is 16.3 Å². The first-order valence-electron chi connectivity index (χ1n) is 10.1. The lowest BCUT2D eigenvalue weighted by Gasteiger charge is -2.30. The first-order chi connectivity index (χ1) is 14.8. The SMILES string of the molecule is COc1ccc(-n2c(SCC(=O)N(C(C)C)C(C)C)nnc2-c2ccccc2Cl)cc1. The van der Waals surface area contributed by atoms with Crippen LogP contribution in [-0.2, 0) is 4.79 Å². The van der Waals surface area contributed by atoms with Gasteiger partial charge in [-0.05, 0) is 64.1 Å². The molecule has 3 rings (SSSR count). The van der Waals surface area contributed by atoms with E-state index in [2.05, 4.69) is 10.2 Å². The number of methoxy groups -OCH3 is 1. The average molecular weight is 459 g/mol. The van der Waals surface area contributed by atoms with Crippen LogP contribution >= 0.6 is 23.4 Å². The van der Waals surface area contributed by atoms with E-state index >= 15 is 0 Å². The van der Waals surface area contributed by atoms with Crippen molar-refractivity contribution in [1.29, 1.82) is 0 Å². The van der Waals surface area contributed by atoms with Gasteiger partial charge < -0.3 is 9.64 Å². The summed E-state index contributed by atoms with van der Waals surface area (Å²) < 4.78 is 7.21. The Morgan fingerprint density at radius 3 is 2.29 bits per heavy atom. The van der Waals surface area contributed by atoms with Gasteiger partial charge in [-0.25, -0.2) is 0 Å². The van der Waals surface area contributed by atoms with Crippen molar-refractivity contribution in [3.8, 4) is 22.8 Å². The zero-order chi connectivity index (χ0) is 22.5. The van der Waals surface area contributed by atoms with E-state index in [-0.39, 0.29) is 23.7 Å². The number of aromatic nitrogens is 3. The second kappa shape index (κ2) is 10.2. The molecule has 0 N–H and O–H groups in total. The van der Waals surface area contributed by atoms with Crippen LogP contribution in [0.4, 0.5) is 0 Å². The molecule has 0 saturated carbocycles. The molecule has 0 aliphatic carbocycles. The molecule has 1 amide bonds. The second-order valence-corrected chi connectivity index (χ2v) is 8.95. The van der Waals surface area contributed by atoms with Crippen LogP contribution in [0.15, 0.2) is 53.7 Å². The number of rotatable bonds is 8. The van der Waals surface area contributed by atoms with Gasteiger partial charge in [-0.2, -0.15) is 0 Å². The Hall–Kier alpha value is -2.51. The Balaban J connectivity index is 1.99. The largest absolute Gasteiger partial charge is 0.497 e. The zero-order valence-corrected chi connectivity index (χ0v) is 19.9. The Morgan fingerprint density at radius 2 is 1.71 bits per heavy atom. The molecule has 0 fully saturated rings. The fourth-order valence-corrected chi connectivity index (χ4v) is 4.56. The summed E-state index contributed by atoms with van der Waals surface area (Å²) in [6.07, 6.45) is 0. The minimum absolute atomic E-state index is 0.0681. The number of ether oxygens (including phenoxy) is 1. The maximum atomic E-state index is 12.9. The highest BCUT2D eigenvalue weighted by Crippen LogP contribution is 2.32. The molecular weight excluding hydrogens is 432 g/mol. The van der Waals surface area contributed by atoms with Crippen molar-refractivity contribution in [3.05, 3.63) is 53.6 Å². The molecule has 0 aliphatic heterocycles. The topological polar surface area (TPSA) is 60.2 Å². The minimum atomic E-state index is 0.0681. The Morgan fingerprint density at radius 1 is 1.06 bits per heavy atom. The zero-order valence-electron chi connectivity index (χ0n) is 18.4. The highest BCUT2D eigenvalue weighted by atomic mass is 35.5. The number of hydrogen-bond donors (Lipinski definition) is 0. The molecular formula is C23H27ClN4O2S. The number of halogens is 1. The third kappa shape index (κ3) is 5.22. The summed E-state index contributed by atoms with van der Waals surface area (Å²) in [6.45, 7) is 8.10. The van der Waals surface area contributed by atoms with Gasteiger partial charge in [0.1, 0.15) is 5.75 Å². The molecule has 0 spiro atoms. The second-order valence-electron chi connectivity index (χ2n) is 7.60. The van der Waals surface area contributed by atoms with Crippen LogP contribution in [0.5, 0.6) is 5.75 Å². The molecule has 8 heteroatoms. The Bertz CT molecular complexity index is 1030. The molecule has 31 heavy (non-hydrogen) atoms. The highest BCUT2D eigenvalue weighted by molar-refractivity contribution is 7.99. The predicted octanol–water partition coefficient (Wildman–Crippen LogP) is 5.33. The molecule has 164 valence electrons. The van der Waals surface area contributed by atoms with E-state index in [1.807, 2.05) is 85.7 Å². The first-order valence-corrected chi connectivity index (χ1v) is 11.5. The molecule has 0 atom stereocenters. The maximum absolute atomic E-state index is 12.9. The third-order valence-corrected chi connectivity index (χ3v) is 6.05. The molecule has 3 aromatic rings.